The van der Waals surface area contributed by atoms with Gasteiger partial charge in [0.2, 0.25) is 11.7 Å². The van der Waals surface area contributed by atoms with E-state index in [9.17, 15) is 0 Å². The van der Waals surface area contributed by atoms with Crippen LogP contribution in [-0.4, -0.2) is 23.3 Å². The number of ether oxygens (including phenoxy) is 1. The maximum atomic E-state index is 5.76. The van der Waals surface area contributed by atoms with E-state index in [1.807, 2.05) is 51.1 Å². The third-order valence-corrected chi connectivity index (χ3v) is 3.01. The molecule has 2 unspecified atom stereocenters. The third kappa shape index (κ3) is 3.43. The van der Waals surface area contributed by atoms with E-state index in [-0.39, 0.29) is 12.1 Å². The molecule has 0 spiro atoms. The van der Waals surface area contributed by atoms with Crippen LogP contribution in [0.4, 0.5) is 0 Å². The van der Waals surface area contributed by atoms with Crippen molar-refractivity contribution in [3.05, 3.63) is 47.6 Å². The van der Waals surface area contributed by atoms with Gasteiger partial charge in [0.15, 0.2) is 0 Å². The van der Waals surface area contributed by atoms with Crippen molar-refractivity contribution in [1.29, 1.82) is 0 Å². The van der Waals surface area contributed by atoms with Gasteiger partial charge in [0.25, 0.3) is 0 Å². The molecule has 1 N–H and O–H groups in total. The first-order chi connectivity index (χ1) is 9.76. The maximum absolute atomic E-state index is 5.76. The molecule has 5 nitrogen and oxygen atoms in total. The molecule has 2 aromatic rings. The second kappa shape index (κ2) is 7.17. The zero-order chi connectivity index (χ0) is 14.4. The minimum atomic E-state index is -0.285. The minimum Gasteiger partial charge on any atom is -0.366 e. The van der Waals surface area contributed by atoms with Crippen LogP contribution in [0.2, 0.25) is 0 Å². The second-order valence-corrected chi connectivity index (χ2v) is 4.52. The van der Waals surface area contributed by atoms with Crippen LogP contribution in [-0.2, 0) is 4.74 Å². The first-order valence-corrected chi connectivity index (χ1v) is 6.99. The first kappa shape index (κ1) is 14.7. The van der Waals surface area contributed by atoms with Crippen molar-refractivity contribution in [1.82, 2.24) is 15.5 Å². The van der Waals surface area contributed by atoms with Gasteiger partial charge in [-0.1, -0.05) is 42.4 Å². The first-order valence-electron chi connectivity index (χ1n) is 6.99. The molecule has 1 heterocycles. The van der Waals surface area contributed by atoms with Crippen molar-refractivity contribution in [3.8, 4) is 0 Å². The lowest BCUT2D eigenvalue weighted by Gasteiger charge is -2.13. The number of nitrogens with zero attached hydrogens (tertiary/aromatic N) is 2. The molecule has 0 bridgehead atoms. The zero-order valence-electron chi connectivity index (χ0n) is 12.2. The molecule has 108 valence electrons. The number of nitrogens with one attached hydrogen (secondary N) is 1. The van der Waals surface area contributed by atoms with Crippen LogP contribution in [0.1, 0.15) is 50.2 Å². The Morgan fingerprint density at radius 3 is 2.65 bits per heavy atom. The molecule has 1 aromatic carbocycles. The summed E-state index contributed by atoms with van der Waals surface area (Å²) in [5.74, 6) is 1.15. The van der Waals surface area contributed by atoms with Crippen molar-refractivity contribution in [3.63, 3.8) is 0 Å². The lowest BCUT2D eigenvalue weighted by atomic mass is 10.1. The highest BCUT2D eigenvalue weighted by atomic mass is 16.5. The molecule has 20 heavy (non-hydrogen) atoms. The van der Waals surface area contributed by atoms with E-state index in [1.165, 1.54) is 0 Å². The van der Waals surface area contributed by atoms with Crippen molar-refractivity contribution in [2.24, 2.45) is 0 Å². The largest absolute Gasteiger partial charge is 0.366 e. The Morgan fingerprint density at radius 1 is 1.25 bits per heavy atom. The van der Waals surface area contributed by atoms with Gasteiger partial charge in [-0.05, 0) is 26.0 Å². The maximum Gasteiger partial charge on any atom is 0.243 e. The molecule has 0 aliphatic carbocycles. The summed E-state index contributed by atoms with van der Waals surface area (Å²) in [5, 5.41) is 7.31. The summed E-state index contributed by atoms with van der Waals surface area (Å²) in [6.45, 7) is 7.44. The fraction of sp³-hybridized carbons (Fsp3) is 0.467. The van der Waals surface area contributed by atoms with Gasteiger partial charge in [0, 0.05) is 6.61 Å². The van der Waals surface area contributed by atoms with E-state index >= 15 is 0 Å². The van der Waals surface area contributed by atoms with E-state index in [2.05, 4.69) is 15.5 Å². The fourth-order valence-corrected chi connectivity index (χ4v) is 2.04. The Labute approximate surface area is 119 Å². The fourth-order valence-electron chi connectivity index (χ4n) is 2.04. The van der Waals surface area contributed by atoms with Crippen LogP contribution in [0.5, 0.6) is 0 Å². The van der Waals surface area contributed by atoms with Crippen LogP contribution >= 0.6 is 0 Å². The van der Waals surface area contributed by atoms with E-state index in [0.717, 1.165) is 12.1 Å². The zero-order valence-corrected chi connectivity index (χ0v) is 12.2. The highest BCUT2D eigenvalue weighted by Gasteiger charge is 2.22. The van der Waals surface area contributed by atoms with Gasteiger partial charge in [-0.15, -0.1) is 0 Å². The van der Waals surface area contributed by atoms with E-state index in [0.29, 0.717) is 18.3 Å². The third-order valence-electron chi connectivity index (χ3n) is 3.01. The smallest absolute Gasteiger partial charge is 0.243 e. The summed E-state index contributed by atoms with van der Waals surface area (Å²) in [5.41, 5.74) is 1.03. The average Bonchev–Trinajstić information content (AvgIpc) is 2.95. The predicted octanol–water partition coefficient (Wildman–Crippen LogP) is 2.87. The monoisotopic (exact) mass is 275 g/mol. The molecular formula is C15H21N3O2. The molecule has 0 saturated carbocycles. The highest BCUT2D eigenvalue weighted by molar-refractivity contribution is 5.22. The van der Waals surface area contributed by atoms with Gasteiger partial charge < -0.3 is 14.6 Å². The molecule has 2 rings (SSSR count). The second-order valence-electron chi connectivity index (χ2n) is 4.52. The Hall–Kier alpha value is -1.72. The molecule has 2 atom stereocenters. The number of hydrogen-bond donors (Lipinski definition) is 1. The van der Waals surface area contributed by atoms with Gasteiger partial charge in [-0.25, -0.2) is 0 Å². The van der Waals surface area contributed by atoms with Crippen LogP contribution in [0.15, 0.2) is 34.9 Å². The molecule has 0 aliphatic rings. The molecule has 0 amide bonds. The van der Waals surface area contributed by atoms with Crippen LogP contribution in [0.3, 0.4) is 0 Å². The normalized spacial score (nSPS) is 14.2. The molecule has 0 fully saturated rings. The number of aromatic nitrogens is 2. The number of benzene rings is 1. The van der Waals surface area contributed by atoms with Crippen LogP contribution in [0, 0.1) is 0 Å². The summed E-state index contributed by atoms with van der Waals surface area (Å²) in [6, 6.07) is 9.97. The average molecular weight is 275 g/mol. The molecule has 0 saturated heterocycles. The van der Waals surface area contributed by atoms with Crippen molar-refractivity contribution >= 4 is 0 Å². The molecular weight excluding hydrogens is 254 g/mol. The molecule has 1 aromatic heterocycles. The van der Waals surface area contributed by atoms with Crippen LogP contribution < -0.4 is 5.32 Å². The lowest BCUT2D eigenvalue weighted by molar-refractivity contribution is 0.0833. The lowest BCUT2D eigenvalue weighted by Crippen LogP contribution is -2.18. The van der Waals surface area contributed by atoms with E-state index in [1.54, 1.807) is 0 Å². The Kier molecular flexibility index (Phi) is 5.26. The summed E-state index contributed by atoms with van der Waals surface area (Å²) >= 11 is 0. The van der Waals surface area contributed by atoms with E-state index < -0.39 is 0 Å². The molecule has 5 heteroatoms. The SMILES string of the molecule is CCNC(C)c1nc(C(OCC)c2ccccc2)no1. The number of rotatable bonds is 7. The Bertz CT molecular complexity index is 513. The van der Waals surface area contributed by atoms with Crippen molar-refractivity contribution in [2.75, 3.05) is 13.2 Å². The summed E-state index contributed by atoms with van der Waals surface area (Å²) in [4.78, 5) is 4.46. The van der Waals surface area contributed by atoms with Gasteiger partial charge >= 0.3 is 0 Å². The van der Waals surface area contributed by atoms with Crippen molar-refractivity contribution in [2.45, 2.75) is 32.9 Å². The van der Waals surface area contributed by atoms with Gasteiger partial charge in [0.05, 0.1) is 6.04 Å². The van der Waals surface area contributed by atoms with Gasteiger partial charge in [-0.3, -0.25) is 0 Å². The summed E-state index contributed by atoms with van der Waals surface area (Å²) < 4.78 is 11.1. The van der Waals surface area contributed by atoms with E-state index in [4.69, 9.17) is 9.26 Å². The van der Waals surface area contributed by atoms with Crippen molar-refractivity contribution < 1.29 is 9.26 Å². The standard InChI is InChI=1S/C15H21N3O2/c1-4-16-11(3)15-17-14(18-20-15)13(19-5-2)12-9-7-6-8-10-12/h6-11,13,16H,4-5H2,1-3H3. The van der Waals surface area contributed by atoms with Crippen LogP contribution in [0.25, 0.3) is 0 Å². The number of hydrogen-bond acceptors (Lipinski definition) is 5. The predicted molar refractivity (Wildman–Crippen MR) is 76.3 cm³/mol. The quantitative estimate of drug-likeness (QED) is 0.842. The minimum absolute atomic E-state index is 0.0410. The summed E-state index contributed by atoms with van der Waals surface area (Å²) in [7, 11) is 0. The van der Waals surface area contributed by atoms with Gasteiger partial charge in [0.1, 0.15) is 6.10 Å². The topological polar surface area (TPSA) is 60.2 Å². The Morgan fingerprint density at radius 2 is 2.00 bits per heavy atom. The summed E-state index contributed by atoms with van der Waals surface area (Å²) in [6.07, 6.45) is -0.285. The van der Waals surface area contributed by atoms with Gasteiger partial charge in [-0.2, -0.15) is 4.98 Å². The molecule has 0 aliphatic heterocycles. The molecule has 0 radical (unpaired) electrons. The highest BCUT2D eigenvalue weighted by Crippen LogP contribution is 2.24. The Balaban J connectivity index is 2.22.